The van der Waals surface area contributed by atoms with Gasteiger partial charge in [-0.2, -0.15) is 26.3 Å². The average Bonchev–Trinajstić information content (AvgIpc) is 2.84. The largest absolute Gasteiger partial charge is 0.416 e. The molecule has 0 aromatic heterocycles. The highest BCUT2D eigenvalue weighted by Gasteiger charge is 2.33. The smallest absolute Gasteiger partial charge is 0.405 e. The number of nitrogens with zero attached hydrogens (tertiary/aromatic N) is 3. The number of rotatable bonds is 7. The van der Waals surface area contributed by atoms with Crippen LogP contribution in [-0.2, 0) is 6.18 Å². The van der Waals surface area contributed by atoms with E-state index in [2.05, 4.69) is 34.0 Å². The van der Waals surface area contributed by atoms with Crippen LogP contribution >= 0.6 is 0 Å². The number of alkyl halides is 6. The van der Waals surface area contributed by atoms with Crippen molar-refractivity contribution in [2.24, 2.45) is 26.9 Å². The molecule has 0 bridgehead atoms. The van der Waals surface area contributed by atoms with Gasteiger partial charge in [0, 0.05) is 30.7 Å². The summed E-state index contributed by atoms with van der Waals surface area (Å²) in [7, 11) is 0. The predicted molar refractivity (Wildman–Crippen MR) is 146 cm³/mol. The Morgan fingerprint density at radius 3 is 2.40 bits per heavy atom. The van der Waals surface area contributed by atoms with Crippen LogP contribution in [0, 0.1) is 5.41 Å². The van der Waals surface area contributed by atoms with E-state index in [9.17, 15) is 26.3 Å². The molecule has 0 radical (unpaired) electrons. The molecule has 218 valence electrons. The van der Waals surface area contributed by atoms with Crippen LogP contribution in [0.15, 0.2) is 81.7 Å². The SMILES string of the molecule is CC1(C)CCCN(CC2=NC(=Nc3ccc(C(F)(F)F)cc3)C/C(=C\C(=C/N)C/C(=C\C=C/N)C(F)(F)F)N2)C1. The summed E-state index contributed by atoms with van der Waals surface area (Å²) >= 11 is 0. The fourth-order valence-corrected chi connectivity index (χ4v) is 4.64. The summed E-state index contributed by atoms with van der Waals surface area (Å²) in [5.74, 6) is 0.847. The molecular weight excluding hydrogens is 534 g/mol. The Balaban J connectivity index is 1.92. The lowest BCUT2D eigenvalue weighted by molar-refractivity contribution is -0.137. The topological polar surface area (TPSA) is 92.0 Å². The number of amidine groups is 2. The van der Waals surface area contributed by atoms with Crippen molar-refractivity contribution in [3.8, 4) is 0 Å². The average molecular weight is 569 g/mol. The summed E-state index contributed by atoms with van der Waals surface area (Å²) in [6.07, 6.45) is -1.72. The Bertz CT molecular complexity index is 1220. The fraction of sp³-hybridized carbons (Fsp3) is 0.429. The zero-order chi connectivity index (χ0) is 29.6. The maximum absolute atomic E-state index is 13.5. The number of nitrogens with one attached hydrogen (secondary N) is 1. The second-order valence-electron chi connectivity index (χ2n) is 10.6. The van der Waals surface area contributed by atoms with Crippen LogP contribution in [0.25, 0.3) is 0 Å². The van der Waals surface area contributed by atoms with E-state index < -0.39 is 29.9 Å². The van der Waals surface area contributed by atoms with Gasteiger partial charge in [0.25, 0.3) is 0 Å². The first-order valence-corrected chi connectivity index (χ1v) is 12.8. The Hall–Kier alpha value is -3.54. The lowest BCUT2D eigenvalue weighted by Gasteiger charge is -2.38. The van der Waals surface area contributed by atoms with E-state index in [1.54, 1.807) is 0 Å². The van der Waals surface area contributed by atoms with Gasteiger partial charge in [-0.1, -0.05) is 19.9 Å². The number of halogens is 6. The number of likely N-dealkylation sites (tertiary alicyclic amines) is 1. The molecule has 40 heavy (non-hydrogen) atoms. The van der Waals surface area contributed by atoms with Crippen LogP contribution in [0.3, 0.4) is 0 Å². The molecule has 2 heterocycles. The molecule has 3 rings (SSSR count). The molecule has 2 aliphatic heterocycles. The molecule has 1 saturated heterocycles. The van der Waals surface area contributed by atoms with E-state index in [1.165, 1.54) is 18.2 Å². The van der Waals surface area contributed by atoms with Crippen molar-refractivity contribution >= 4 is 17.4 Å². The zero-order valence-electron chi connectivity index (χ0n) is 22.4. The molecule has 6 nitrogen and oxygen atoms in total. The summed E-state index contributed by atoms with van der Waals surface area (Å²) < 4.78 is 79.5. The maximum atomic E-state index is 13.5. The van der Waals surface area contributed by atoms with Crippen molar-refractivity contribution in [3.63, 3.8) is 0 Å². The molecule has 0 amide bonds. The van der Waals surface area contributed by atoms with E-state index in [4.69, 9.17) is 11.5 Å². The van der Waals surface area contributed by atoms with Crippen LogP contribution in [0.2, 0.25) is 0 Å². The minimum absolute atomic E-state index is 0.112. The van der Waals surface area contributed by atoms with Gasteiger partial charge >= 0.3 is 12.4 Å². The number of benzene rings is 1. The molecule has 0 unspecified atom stereocenters. The Kier molecular flexibility index (Phi) is 9.88. The van der Waals surface area contributed by atoms with E-state index in [0.717, 1.165) is 62.6 Å². The first kappa shape index (κ1) is 31.0. The highest BCUT2D eigenvalue weighted by Crippen LogP contribution is 2.33. The van der Waals surface area contributed by atoms with E-state index >= 15 is 0 Å². The molecule has 0 spiro atoms. The summed E-state index contributed by atoms with van der Waals surface area (Å²) in [6.45, 7) is 6.50. The second kappa shape index (κ2) is 12.8. The van der Waals surface area contributed by atoms with Crippen molar-refractivity contribution in [2.45, 2.75) is 51.9 Å². The van der Waals surface area contributed by atoms with Crippen LogP contribution in [0.4, 0.5) is 32.0 Å². The zero-order valence-corrected chi connectivity index (χ0v) is 22.4. The second-order valence-corrected chi connectivity index (χ2v) is 10.6. The third kappa shape index (κ3) is 9.29. The molecule has 1 aromatic rings. The number of hydrogen-bond donors (Lipinski definition) is 3. The summed E-state index contributed by atoms with van der Waals surface area (Å²) in [5, 5.41) is 3.20. The first-order chi connectivity index (χ1) is 18.7. The van der Waals surface area contributed by atoms with Crippen LogP contribution in [0.1, 0.15) is 45.1 Å². The van der Waals surface area contributed by atoms with Crippen molar-refractivity contribution in [2.75, 3.05) is 19.6 Å². The van der Waals surface area contributed by atoms with Gasteiger partial charge in [0.2, 0.25) is 0 Å². The van der Waals surface area contributed by atoms with Gasteiger partial charge in [-0.25, -0.2) is 9.98 Å². The van der Waals surface area contributed by atoms with Crippen molar-refractivity contribution < 1.29 is 26.3 Å². The number of piperidine rings is 1. The van der Waals surface area contributed by atoms with Crippen molar-refractivity contribution in [3.05, 3.63) is 77.3 Å². The Morgan fingerprint density at radius 1 is 1.12 bits per heavy atom. The van der Waals surface area contributed by atoms with Gasteiger partial charge in [-0.3, -0.25) is 4.90 Å². The van der Waals surface area contributed by atoms with Crippen LogP contribution in [-0.4, -0.2) is 42.4 Å². The van der Waals surface area contributed by atoms with E-state index in [-0.39, 0.29) is 23.1 Å². The quantitative estimate of drug-likeness (QED) is 0.265. The third-order valence-corrected chi connectivity index (χ3v) is 6.46. The van der Waals surface area contributed by atoms with Crippen LogP contribution in [0.5, 0.6) is 0 Å². The predicted octanol–water partition coefficient (Wildman–Crippen LogP) is 6.33. The summed E-state index contributed by atoms with van der Waals surface area (Å²) in [6, 6.07) is 4.38. The minimum Gasteiger partial charge on any atom is -0.405 e. The molecule has 1 fully saturated rings. The summed E-state index contributed by atoms with van der Waals surface area (Å²) in [5.41, 5.74) is 10.4. The normalized spacial score (nSPS) is 21.6. The van der Waals surface area contributed by atoms with E-state index in [1.807, 2.05) is 0 Å². The molecular formula is C28H34F6N6. The van der Waals surface area contributed by atoms with Gasteiger partial charge in [-0.05, 0) is 79.2 Å². The van der Waals surface area contributed by atoms with Gasteiger partial charge in [0.1, 0.15) is 11.7 Å². The lowest BCUT2D eigenvalue weighted by Crippen LogP contribution is -2.46. The molecule has 0 aliphatic carbocycles. The fourth-order valence-electron chi connectivity index (χ4n) is 4.64. The number of nitrogens with two attached hydrogens (primary N) is 2. The highest BCUT2D eigenvalue weighted by atomic mass is 19.4. The third-order valence-electron chi connectivity index (χ3n) is 6.46. The lowest BCUT2D eigenvalue weighted by atomic mass is 9.84. The number of hydrogen-bond acceptors (Lipinski definition) is 5. The molecule has 12 heteroatoms. The minimum atomic E-state index is -4.59. The van der Waals surface area contributed by atoms with Gasteiger partial charge in [0.15, 0.2) is 0 Å². The van der Waals surface area contributed by atoms with Gasteiger partial charge in [-0.15, -0.1) is 0 Å². The van der Waals surface area contributed by atoms with E-state index in [0.29, 0.717) is 23.9 Å². The summed E-state index contributed by atoms with van der Waals surface area (Å²) in [4.78, 5) is 11.3. The Morgan fingerprint density at radius 2 is 1.82 bits per heavy atom. The molecule has 2 aliphatic rings. The maximum Gasteiger partial charge on any atom is 0.416 e. The van der Waals surface area contributed by atoms with Gasteiger partial charge < -0.3 is 16.8 Å². The molecule has 5 N–H and O–H groups in total. The number of allylic oxidation sites excluding steroid dienone is 5. The number of aliphatic imine (C=N–C) groups is 2. The Labute approximate surface area is 229 Å². The van der Waals surface area contributed by atoms with Gasteiger partial charge in [0.05, 0.1) is 17.8 Å². The van der Waals surface area contributed by atoms with Crippen molar-refractivity contribution in [1.29, 1.82) is 0 Å². The molecule has 0 atom stereocenters. The van der Waals surface area contributed by atoms with Crippen LogP contribution < -0.4 is 16.8 Å². The first-order valence-electron chi connectivity index (χ1n) is 12.8. The standard InChI is InChI=1S/C28H34F6N6/c1-26(2)10-4-12-40(18-26)17-25-38-23(14-19(16-36)13-21(5-3-11-35)28(32,33)34)15-24(39-25)37-22-8-6-20(7-9-22)27(29,30)31/h3,5-9,11,14,16H,4,10,12-13,15,17-18,35-36H2,1-2H3,(H,37,38,39)/b11-3-,19-16-,21-5+,23-14+. The molecule has 0 saturated carbocycles. The highest BCUT2D eigenvalue weighted by molar-refractivity contribution is 6.03. The molecule has 1 aromatic carbocycles. The monoisotopic (exact) mass is 568 g/mol. The van der Waals surface area contributed by atoms with Crippen molar-refractivity contribution in [1.82, 2.24) is 10.2 Å².